The molecule has 0 amide bonds. The molecule has 230 valence electrons. The molecular formula is C36H78N2+2. The van der Waals surface area contributed by atoms with Gasteiger partial charge in [-0.1, -0.05) is 119 Å². The molecule has 0 unspecified atom stereocenters. The maximum Gasteiger partial charge on any atom is 0.0788 e. The highest BCUT2D eigenvalue weighted by Gasteiger charge is 2.27. The predicted octanol–water partition coefficient (Wildman–Crippen LogP) is 11.3. The van der Waals surface area contributed by atoms with E-state index in [1.54, 1.807) is 0 Å². The first kappa shape index (κ1) is 37.9. The van der Waals surface area contributed by atoms with Gasteiger partial charge in [0.1, 0.15) is 0 Å². The summed E-state index contributed by atoms with van der Waals surface area (Å²) in [6.45, 7) is 25.7. The SMILES string of the molecule is CCCCCCCCCC[N+](CCC)(CCC)CCCC[N+](CCC)(CCC)CCCCCCCCCC. The van der Waals surface area contributed by atoms with Crippen LogP contribution in [0.3, 0.4) is 0 Å². The fraction of sp³-hybridized carbons (Fsp3) is 1.00. The molecule has 0 aromatic carbocycles. The maximum absolute atomic E-state index is 2.42. The molecule has 0 fully saturated rings. The van der Waals surface area contributed by atoms with Gasteiger partial charge in [0.25, 0.3) is 0 Å². The van der Waals surface area contributed by atoms with Crippen LogP contribution in [0.25, 0.3) is 0 Å². The summed E-state index contributed by atoms with van der Waals surface area (Å²) in [5, 5.41) is 0. The lowest BCUT2D eigenvalue weighted by Gasteiger charge is -2.41. The highest BCUT2D eigenvalue weighted by molar-refractivity contribution is 4.54. The Morgan fingerprint density at radius 3 is 0.658 bits per heavy atom. The quantitative estimate of drug-likeness (QED) is 0.0608. The second kappa shape index (κ2) is 27.1. The molecule has 38 heavy (non-hydrogen) atoms. The van der Waals surface area contributed by atoms with Crippen molar-refractivity contribution >= 4 is 0 Å². The molecule has 0 N–H and O–H groups in total. The third-order valence-corrected chi connectivity index (χ3v) is 9.28. The van der Waals surface area contributed by atoms with Gasteiger partial charge in [-0.25, -0.2) is 0 Å². The Balaban J connectivity index is 4.68. The average Bonchev–Trinajstić information content (AvgIpc) is 2.90. The van der Waals surface area contributed by atoms with Crippen molar-refractivity contribution < 1.29 is 8.97 Å². The number of nitrogens with zero attached hydrogens (tertiary/aromatic N) is 2. The van der Waals surface area contributed by atoms with Gasteiger partial charge < -0.3 is 8.97 Å². The summed E-state index contributed by atoms with van der Waals surface area (Å²) >= 11 is 0. The molecule has 0 rings (SSSR count). The van der Waals surface area contributed by atoms with Gasteiger partial charge in [0.05, 0.1) is 52.4 Å². The van der Waals surface area contributed by atoms with E-state index in [1.165, 1.54) is 203 Å². The Kier molecular flexibility index (Phi) is 27.1. The molecule has 0 heterocycles. The molecule has 0 radical (unpaired) electrons. The van der Waals surface area contributed by atoms with Crippen LogP contribution < -0.4 is 0 Å². The van der Waals surface area contributed by atoms with Gasteiger partial charge in [-0.3, -0.25) is 0 Å². The molecule has 0 aromatic rings. The fourth-order valence-electron chi connectivity index (χ4n) is 7.30. The van der Waals surface area contributed by atoms with Crippen molar-refractivity contribution in [3.63, 3.8) is 0 Å². The summed E-state index contributed by atoms with van der Waals surface area (Å²) in [7, 11) is 0. The minimum atomic E-state index is 1.35. The zero-order valence-corrected chi connectivity index (χ0v) is 28.1. The summed E-state index contributed by atoms with van der Waals surface area (Å²) in [6.07, 6.45) is 31.4. The van der Waals surface area contributed by atoms with Gasteiger partial charge in [0.15, 0.2) is 0 Å². The minimum Gasteiger partial charge on any atom is -0.324 e. The number of quaternary nitrogens is 2. The molecule has 2 nitrogen and oxygen atoms in total. The third-order valence-electron chi connectivity index (χ3n) is 9.28. The lowest BCUT2D eigenvalue weighted by Crippen LogP contribution is -2.52. The number of hydrogen-bond acceptors (Lipinski definition) is 0. The van der Waals surface area contributed by atoms with E-state index in [0.717, 1.165) is 0 Å². The maximum atomic E-state index is 2.42. The predicted molar refractivity (Wildman–Crippen MR) is 175 cm³/mol. The first-order valence-electron chi connectivity index (χ1n) is 18.3. The largest absolute Gasteiger partial charge is 0.324 e. The first-order valence-corrected chi connectivity index (χ1v) is 18.3. The molecule has 0 bridgehead atoms. The van der Waals surface area contributed by atoms with Gasteiger partial charge in [-0.2, -0.15) is 0 Å². The number of unbranched alkanes of at least 4 members (excludes halogenated alkanes) is 15. The van der Waals surface area contributed by atoms with E-state index in [2.05, 4.69) is 41.5 Å². The van der Waals surface area contributed by atoms with Crippen LogP contribution in [0.5, 0.6) is 0 Å². The van der Waals surface area contributed by atoms with Crippen LogP contribution in [0.2, 0.25) is 0 Å². The highest BCUT2D eigenvalue weighted by atomic mass is 15.4. The molecule has 0 aliphatic rings. The highest BCUT2D eigenvalue weighted by Crippen LogP contribution is 2.20. The van der Waals surface area contributed by atoms with Crippen LogP contribution in [0.15, 0.2) is 0 Å². The Morgan fingerprint density at radius 1 is 0.211 bits per heavy atom. The van der Waals surface area contributed by atoms with Crippen molar-refractivity contribution in [1.29, 1.82) is 0 Å². The molecule has 0 saturated carbocycles. The second-order valence-electron chi connectivity index (χ2n) is 13.1. The van der Waals surface area contributed by atoms with Gasteiger partial charge in [0, 0.05) is 12.8 Å². The van der Waals surface area contributed by atoms with Crippen LogP contribution in [-0.4, -0.2) is 61.3 Å². The fourth-order valence-corrected chi connectivity index (χ4v) is 7.30. The van der Waals surface area contributed by atoms with E-state index >= 15 is 0 Å². The molecule has 0 aliphatic heterocycles. The van der Waals surface area contributed by atoms with Crippen molar-refractivity contribution in [2.75, 3.05) is 52.4 Å². The molecule has 2 heteroatoms. The molecule has 0 saturated heterocycles. The van der Waals surface area contributed by atoms with E-state index in [1.807, 2.05) is 0 Å². The zero-order valence-electron chi connectivity index (χ0n) is 28.1. The van der Waals surface area contributed by atoms with Crippen molar-refractivity contribution in [3.05, 3.63) is 0 Å². The molecule has 0 spiro atoms. The van der Waals surface area contributed by atoms with Crippen LogP contribution in [-0.2, 0) is 0 Å². The molecular weight excluding hydrogens is 460 g/mol. The van der Waals surface area contributed by atoms with Crippen molar-refractivity contribution in [1.82, 2.24) is 0 Å². The third kappa shape index (κ3) is 19.9. The lowest BCUT2D eigenvalue weighted by atomic mass is 10.1. The molecule has 0 atom stereocenters. The van der Waals surface area contributed by atoms with Gasteiger partial charge in [0.2, 0.25) is 0 Å². The van der Waals surface area contributed by atoms with E-state index in [0.29, 0.717) is 0 Å². The van der Waals surface area contributed by atoms with Crippen molar-refractivity contribution in [3.8, 4) is 0 Å². The van der Waals surface area contributed by atoms with Gasteiger partial charge in [-0.15, -0.1) is 0 Å². The zero-order chi connectivity index (χ0) is 28.2. The van der Waals surface area contributed by atoms with E-state index < -0.39 is 0 Å². The van der Waals surface area contributed by atoms with Crippen LogP contribution in [0, 0.1) is 0 Å². The van der Waals surface area contributed by atoms with E-state index in [9.17, 15) is 0 Å². The van der Waals surface area contributed by atoms with Gasteiger partial charge in [-0.05, 0) is 51.4 Å². The normalized spacial score (nSPS) is 12.5. The molecule has 0 aromatic heterocycles. The summed E-state index contributed by atoms with van der Waals surface area (Å²) in [6, 6.07) is 0. The Morgan fingerprint density at radius 2 is 0.421 bits per heavy atom. The van der Waals surface area contributed by atoms with E-state index in [-0.39, 0.29) is 0 Å². The smallest absolute Gasteiger partial charge is 0.0788 e. The van der Waals surface area contributed by atoms with Crippen molar-refractivity contribution in [2.24, 2.45) is 0 Å². The molecule has 0 aliphatic carbocycles. The average molecular weight is 539 g/mol. The Hall–Kier alpha value is -0.0800. The summed E-state index contributed by atoms with van der Waals surface area (Å²) in [5.74, 6) is 0. The summed E-state index contributed by atoms with van der Waals surface area (Å²) in [4.78, 5) is 0. The first-order chi connectivity index (χ1) is 18.6. The Labute approximate surface area is 243 Å². The Bertz CT molecular complexity index is 406. The van der Waals surface area contributed by atoms with Gasteiger partial charge >= 0.3 is 0 Å². The van der Waals surface area contributed by atoms with E-state index in [4.69, 9.17) is 0 Å². The number of rotatable bonds is 31. The van der Waals surface area contributed by atoms with Crippen LogP contribution in [0.1, 0.15) is 183 Å². The topological polar surface area (TPSA) is 0 Å². The van der Waals surface area contributed by atoms with Crippen LogP contribution >= 0.6 is 0 Å². The standard InChI is InChI=1S/C36H78N2/c1-7-13-15-17-19-21-23-25-33-37(29-9-3,30-10-4)35-27-28-36-38(31-11-5,32-12-6)34-26-24-22-20-18-16-14-8-2/h7-36H2,1-6H3/q+2. The summed E-state index contributed by atoms with van der Waals surface area (Å²) in [5.41, 5.74) is 0. The number of hydrogen-bond donors (Lipinski definition) is 0. The van der Waals surface area contributed by atoms with Crippen molar-refractivity contribution in [2.45, 2.75) is 183 Å². The van der Waals surface area contributed by atoms with Crippen LogP contribution in [0.4, 0.5) is 0 Å². The monoisotopic (exact) mass is 539 g/mol. The second-order valence-corrected chi connectivity index (χ2v) is 13.1. The minimum absolute atomic E-state index is 1.35. The lowest BCUT2D eigenvalue weighted by molar-refractivity contribution is -0.934. The summed E-state index contributed by atoms with van der Waals surface area (Å²) < 4.78 is 2.84.